The lowest BCUT2D eigenvalue weighted by Gasteiger charge is -2.08. The summed E-state index contributed by atoms with van der Waals surface area (Å²) in [6, 6.07) is 28.5. The molecule has 1 aromatic heterocycles. The maximum Gasteiger partial charge on any atom is 0.225 e. The minimum Gasteiger partial charge on any atom is -0.304 e. The molecule has 3 aromatic carbocycles. The third-order valence-electron chi connectivity index (χ3n) is 4.02. The number of fused-ring (bicyclic) bond motifs is 1. The number of nitrogens with one attached hydrogen (secondary N) is 1. The van der Waals surface area contributed by atoms with E-state index in [9.17, 15) is 0 Å². The molecule has 4 rings (SSSR count). The predicted molar refractivity (Wildman–Crippen MR) is 103 cm³/mol. The lowest BCUT2D eigenvalue weighted by molar-refractivity contribution is 0.828. The van der Waals surface area contributed by atoms with Crippen LogP contribution >= 0.6 is 0 Å². The maximum atomic E-state index is 4.68. The smallest absolute Gasteiger partial charge is 0.225 e. The van der Waals surface area contributed by atoms with Crippen LogP contribution in [0.2, 0.25) is 0 Å². The van der Waals surface area contributed by atoms with E-state index in [0.717, 1.165) is 29.1 Å². The first kappa shape index (κ1) is 15.1. The number of benzene rings is 3. The normalized spacial score (nSPS) is 11.2. The van der Waals surface area contributed by atoms with E-state index in [2.05, 4.69) is 50.4 Å². The van der Waals surface area contributed by atoms with Gasteiger partial charge in [0.2, 0.25) is 5.95 Å². The van der Waals surface area contributed by atoms with Crippen LogP contribution in [0.1, 0.15) is 11.1 Å². The molecular formula is C21H18N4. The summed E-state index contributed by atoms with van der Waals surface area (Å²) >= 11 is 0. The summed E-state index contributed by atoms with van der Waals surface area (Å²) in [5.41, 5.74) is 7.40. The Morgan fingerprint density at radius 3 is 2.32 bits per heavy atom. The van der Waals surface area contributed by atoms with Gasteiger partial charge in [0.15, 0.2) is 0 Å². The number of nitrogens with zero attached hydrogens (tertiary/aromatic N) is 3. The van der Waals surface area contributed by atoms with Gasteiger partial charge < -0.3 is 4.57 Å². The quantitative estimate of drug-likeness (QED) is 0.432. The van der Waals surface area contributed by atoms with Crippen LogP contribution < -0.4 is 5.43 Å². The highest BCUT2D eigenvalue weighted by Gasteiger charge is 2.10. The number of hydrogen-bond donors (Lipinski definition) is 1. The van der Waals surface area contributed by atoms with Gasteiger partial charge in [-0.3, -0.25) is 0 Å². The molecule has 0 spiro atoms. The Kier molecular flexibility index (Phi) is 4.25. The van der Waals surface area contributed by atoms with Crippen LogP contribution in [0, 0.1) is 0 Å². The summed E-state index contributed by atoms with van der Waals surface area (Å²) in [7, 11) is 0. The van der Waals surface area contributed by atoms with Gasteiger partial charge in [0.25, 0.3) is 0 Å². The molecule has 4 heteroatoms. The fourth-order valence-electron chi connectivity index (χ4n) is 2.79. The number of hydrazone groups is 1. The first-order valence-electron chi connectivity index (χ1n) is 8.23. The van der Waals surface area contributed by atoms with Crippen LogP contribution in [0.4, 0.5) is 5.95 Å². The average Bonchev–Trinajstić information content (AvgIpc) is 3.01. The first-order chi connectivity index (χ1) is 12.4. The Labute approximate surface area is 146 Å². The molecule has 0 aliphatic heterocycles. The van der Waals surface area contributed by atoms with E-state index < -0.39 is 0 Å². The lowest BCUT2D eigenvalue weighted by Crippen LogP contribution is -2.05. The SMILES string of the molecule is C(=N\Nc1nc2ccccc2n1Cc1ccccc1)/c1ccccc1. The molecule has 4 aromatic rings. The van der Waals surface area contributed by atoms with E-state index in [1.54, 1.807) is 6.21 Å². The van der Waals surface area contributed by atoms with E-state index in [1.165, 1.54) is 5.56 Å². The molecule has 0 saturated carbocycles. The Morgan fingerprint density at radius 1 is 0.840 bits per heavy atom. The van der Waals surface area contributed by atoms with Crippen molar-refractivity contribution in [2.45, 2.75) is 6.54 Å². The van der Waals surface area contributed by atoms with Crippen molar-refractivity contribution < 1.29 is 0 Å². The maximum absolute atomic E-state index is 4.68. The molecule has 0 aliphatic rings. The highest BCUT2D eigenvalue weighted by Crippen LogP contribution is 2.21. The van der Waals surface area contributed by atoms with Crippen LogP contribution in [0.5, 0.6) is 0 Å². The second-order valence-electron chi connectivity index (χ2n) is 5.78. The molecule has 0 atom stereocenters. The monoisotopic (exact) mass is 326 g/mol. The molecule has 25 heavy (non-hydrogen) atoms. The standard InChI is InChI=1S/C21H18N4/c1-3-9-17(10-4-1)15-22-24-21-23-19-13-7-8-14-20(19)25(21)16-18-11-5-2-6-12-18/h1-15H,16H2,(H,23,24)/b22-15+. The summed E-state index contributed by atoms with van der Waals surface area (Å²) in [6.07, 6.45) is 1.80. The van der Waals surface area contributed by atoms with Crippen molar-refractivity contribution in [3.05, 3.63) is 96.1 Å². The lowest BCUT2D eigenvalue weighted by atomic mass is 10.2. The second-order valence-corrected chi connectivity index (χ2v) is 5.78. The number of anilines is 1. The zero-order valence-electron chi connectivity index (χ0n) is 13.7. The summed E-state index contributed by atoms with van der Waals surface area (Å²) in [5.74, 6) is 0.734. The van der Waals surface area contributed by atoms with Gasteiger partial charge >= 0.3 is 0 Å². The third kappa shape index (κ3) is 3.43. The molecule has 1 N–H and O–H groups in total. The Morgan fingerprint density at radius 2 is 1.52 bits per heavy atom. The van der Waals surface area contributed by atoms with Gasteiger partial charge in [-0.15, -0.1) is 0 Å². The molecule has 0 unspecified atom stereocenters. The van der Waals surface area contributed by atoms with Gasteiger partial charge in [0, 0.05) is 0 Å². The summed E-state index contributed by atoms with van der Waals surface area (Å²) < 4.78 is 2.15. The van der Waals surface area contributed by atoms with Crippen molar-refractivity contribution >= 4 is 23.2 Å². The summed E-state index contributed by atoms with van der Waals surface area (Å²) in [4.78, 5) is 4.68. The van der Waals surface area contributed by atoms with Crippen molar-refractivity contribution in [3.63, 3.8) is 0 Å². The van der Waals surface area contributed by atoms with Crippen LogP contribution in [0.3, 0.4) is 0 Å². The van der Waals surface area contributed by atoms with Crippen molar-refractivity contribution in [2.75, 3.05) is 5.43 Å². The number of para-hydroxylation sites is 2. The first-order valence-corrected chi connectivity index (χ1v) is 8.23. The van der Waals surface area contributed by atoms with E-state index in [-0.39, 0.29) is 0 Å². The summed E-state index contributed by atoms with van der Waals surface area (Å²) in [6.45, 7) is 0.741. The van der Waals surface area contributed by atoms with Gasteiger partial charge in [0.1, 0.15) is 0 Å². The van der Waals surface area contributed by atoms with Crippen molar-refractivity contribution in [2.24, 2.45) is 5.10 Å². The van der Waals surface area contributed by atoms with E-state index in [0.29, 0.717) is 0 Å². The Hall–Kier alpha value is -3.40. The molecule has 1 heterocycles. The highest BCUT2D eigenvalue weighted by molar-refractivity contribution is 5.81. The number of hydrogen-bond acceptors (Lipinski definition) is 3. The van der Waals surface area contributed by atoms with Gasteiger partial charge in [-0.05, 0) is 23.3 Å². The van der Waals surface area contributed by atoms with Gasteiger partial charge in [-0.2, -0.15) is 5.10 Å². The predicted octanol–water partition coefficient (Wildman–Crippen LogP) is 4.53. The van der Waals surface area contributed by atoms with Crippen LogP contribution in [-0.2, 0) is 6.54 Å². The molecule has 0 amide bonds. The number of aromatic nitrogens is 2. The van der Waals surface area contributed by atoms with E-state index in [4.69, 9.17) is 0 Å². The van der Waals surface area contributed by atoms with Crippen LogP contribution in [0.15, 0.2) is 90.0 Å². The fourth-order valence-corrected chi connectivity index (χ4v) is 2.79. The third-order valence-corrected chi connectivity index (χ3v) is 4.02. The topological polar surface area (TPSA) is 42.2 Å². The molecule has 122 valence electrons. The molecule has 0 aliphatic carbocycles. The van der Waals surface area contributed by atoms with Gasteiger partial charge in [-0.1, -0.05) is 72.8 Å². The molecule has 0 saturated heterocycles. The molecule has 4 nitrogen and oxygen atoms in total. The zero-order valence-corrected chi connectivity index (χ0v) is 13.7. The Balaban J connectivity index is 1.65. The Bertz CT molecular complexity index is 988. The van der Waals surface area contributed by atoms with E-state index in [1.807, 2.05) is 54.6 Å². The van der Waals surface area contributed by atoms with Crippen molar-refractivity contribution in [3.8, 4) is 0 Å². The molecule has 0 radical (unpaired) electrons. The largest absolute Gasteiger partial charge is 0.304 e. The second kappa shape index (κ2) is 7.01. The minimum atomic E-state index is 0.734. The fraction of sp³-hybridized carbons (Fsp3) is 0.0476. The van der Waals surface area contributed by atoms with Gasteiger partial charge in [-0.25, -0.2) is 10.4 Å². The average molecular weight is 326 g/mol. The summed E-state index contributed by atoms with van der Waals surface area (Å²) in [5, 5.41) is 4.35. The van der Waals surface area contributed by atoms with Crippen molar-refractivity contribution in [1.82, 2.24) is 9.55 Å². The molecule has 0 bridgehead atoms. The molecular weight excluding hydrogens is 308 g/mol. The van der Waals surface area contributed by atoms with Crippen molar-refractivity contribution in [1.29, 1.82) is 0 Å². The molecule has 0 fully saturated rings. The zero-order chi connectivity index (χ0) is 16.9. The highest BCUT2D eigenvalue weighted by atomic mass is 15.4. The number of imidazole rings is 1. The minimum absolute atomic E-state index is 0.734. The number of rotatable bonds is 5. The van der Waals surface area contributed by atoms with Gasteiger partial charge in [0.05, 0.1) is 23.8 Å². The van der Waals surface area contributed by atoms with Crippen LogP contribution in [-0.4, -0.2) is 15.8 Å². The van der Waals surface area contributed by atoms with E-state index >= 15 is 0 Å². The van der Waals surface area contributed by atoms with Crippen LogP contribution in [0.25, 0.3) is 11.0 Å².